The van der Waals surface area contributed by atoms with Crippen LogP contribution in [0.5, 0.6) is 5.75 Å². The minimum Gasteiger partial charge on any atom is -0.505 e. The number of anilines is 1. The summed E-state index contributed by atoms with van der Waals surface area (Å²) < 4.78 is 86.9. The fourth-order valence-corrected chi connectivity index (χ4v) is 5.64. The van der Waals surface area contributed by atoms with Crippen molar-refractivity contribution in [3.8, 4) is 5.75 Å². The summed E-state index contributed by atoms with van der Waals surface area (Å²) >= 11 is 0. The number of rotatable bonds is 6. The number of sulfonamides is 1. The molecular weight excluding hydrogens is 569 g/mol. The topological polar surface area (TPSA) is 143 Å². The molecule has 1 aromatic carbocycles. The third-order valence-electron chi connectivity index (χ3n) is 6.32. The molecule has 0 unspecified atom stereocenters. The lowest BCUT2D eigenvalue weighted by atomic mass is 9.85. The van der Waals surface area contributed by atoms with Crippen LogP contribution in [-0.4, -0.2) is 56.8 Å². The van der Waals surface area contributed by atoms with Gasteiger partial charge in [-0.15, -0.1) is 0 Å². The van der Waals surface area contributed by atoms with Crippen molar-refractivity contribution >= 4 is 27.5 Å². The van der Waals surface area contributed by atoms with Crippen LogP contribution in [-0.2, 0) is 25.7 Å². The maximum absolute atomic E-state index is 13.8. The van der Waals surface area contributed by atoms with E-state index < -0.39 is 67.9 Å². The van der Waals surface area contributed by atoms with Crippen LogP contribution in [0.25, 0.3) is 0 Å². The highest BCUT2D eigenvalue weighted by atomic mass is 32.2. The van der Waals surface area contributed by atoms with Gasteiger partial charge in [0.2, 0.25) is 6.29 Å². The SMILES string of the molecule is Cc1ccc([C@H](N=C2NS(=O)(=O)C(C3OC(C)O3)=C2Nc2ccc(C(F)(F)F)c(C(=O)N(C)C)c2O)C(C)(C)C)o1. The summed E-state index contributed by atoms with van der Waals surface area (Å²) in [5, 5.41) is 13.6. The number of carbonyl (C=O) groups is 1. The third-order valence-corrected chi connectivity index (χ3v) is 7.76. The van der Waals surface area contributed by atoms with Gasteiger partial charge in [-0.25, -0.2) is 8.42 Å². The second kappa shape index (κ2) is 10.4. The number of phenols is 1. The largest absolute Gasteiger partial charge is 0.505 e. The third kappa shape index (κ3) is 5.92. The van der Waals surface area contributed by atoms with Crippen LogP contribution < -0.4 is 10.0 Å². The van der Waals surface area contributed by atoms with Crippen LogP contribution in [0.3, 0.4) is 0 Å². The Hall–Kier alpha value is -3.56. The van der Waals surface area contributed by atoms with E-state index in [4.69, 9.17) is 13.9 Å². The number of nitrogens with zero attached hydrogens (tertiary/aromatic N) is 2. The molecule has 4 rings (SSSR count). The van der Waals surface area contributed by atoms with Gasteiger partial charge < -0.3 is 29.2 Å². The lowest BCUT2D eigenvalue weighted by Gasteiger charge is -2.34. The number of halogens is 3. The first kappa shape index (κ1) is 30.4. The highest BCUT2D eigenvalue weighted by Crippen LogP contribution is 2.43. The minimum atomic E-state index is -4.96. The molecule has 2 aromatic rings. The van der Waals surface area contributed by atoms with Gasteiger partial charge in [-0.2, -0.15) is 13.2 Å². The summed E-state index contributed by atoms with van der Waals surface area (Å²) in [4.78, 5) is 17.8. The minimum absolute atomic E-state index is 0.222. The molecule has 11 nitrogen and oxygen atoms in total. The van der Waals surface area contributed by atoms with Crippen molar-refractivity contribution in [3.05, 3.63) is 57.5 Å². The molecule has 2 aliphatic rings. The number of nitrogens with one attached hydrogen (secondary N) is 2. The first-order chi connectivity index (χ1) is 18.8. The molecule has 2 aliphatic heterocycles. The average molecular weight is 601 g/mol. The number of amidine groups is 1. The normalized spacial score (nSPS) is 22.3. The number of aryl methyl sites for hydroxylation is 1. The van der Waals surface area contributed by atoms with E-state index in [0.29, 0.717) is 17.6 Å². The standard InChI is InChI=1S/C26H31F3N4O7S/c1-12-8-11-16(38-12)21(25(3,4)5)31-22-18(20(41(36,37)32-22)24-39-13(2)40-24)30-15-10-9-14(26(27,28)29)17(19(15)34)23(35)33(6)7/h8-11,13,21,24,30,34H,1-7H3,(H,31,32)/t13?,21-,24?/m0/s1. The number of hydrogen-bond acceptors (Lipinski definition) is 9. The van der Waals surface area contributed by atoms with Crippen molar-refractivity contribution in [2.24, 2.45) is 10.4 Å². The molecule has 0 radical (unpaired) electrons. The van der Waals surface area contributed by atoms with E-state index in [9.17, 15) is 31.5 Å². The summed E-state index contributed by atoms with van der Waals surface area (Å²) in [7, 11) is -1.86. The number of benzene rings is 1. The highest BCUT2D eigenvalue weighted by molar-refractivity contribution is 7.94. The summed E-state index contributed by atoms with van der Waals surface area (Å²) in [6, 6.07) is 4.22. The summed E-state index contributed by atoms with van der Waals surface area (Å²) in [5.41, 5.74) is -3.57. The Labute approximate surface area is 235 Å². The van der Waals surface area contributed by atoms with Crippen LogP contribution in [0, 0.1) is 12.3 Å². The quantitative estimate of drug-likeness (QED) is 0.412. The highest BCUT2D eigenvalue weighted by Gasteiger charge is 2.47. The first-order valence-corrected chi connectivity index (χ1v) is 13.9. The smallest absolute Gasteiger partial charge is 0.417 e. The molecule has 1 atom stereocenters. The summed E-state index contributed by atoms with van der Waals surface area (Å²) in [6.45, 7) is 8.88. The lowest BCUT2D eigenvalue weighted by molar-refractivity contribution is -0.356. The van der Waals surface area contributed by atoms with Crippen molar-refractivity contribution in [1.82, 2.24) is 9.62 Å². The molecule has 1 aromatic heterocycles. The van der Waals surface area contributed by atoms with Gasteiger partial charge in [0.15, 0.2) is 17.9 Å². The zero-order valence-electron chi connectivity index (χ0n) is 23.4. The van der Waals surface area contributed by atoms with Crippen LogP contribution in [0.1, 0.15) is 61.2 Å². The van der Waals surface area contributed by atoms with E-state index in [1.807, 2.05) is 20.8 Å². The van der Waals surface area contributed by atoms with Crippen molar-refractivity contribution < 1.29 is 45.4 Å². The predicted molar refractivity (Wildman–Crippen MR) is 142 cm³/mol. The van der Waals surface area contributed by atoms with Crippen molar-refractivity contribution in [3.63, 3.8) is 0 Å². The molecule has 1 saturated heterocycles. The number of furan rings is 1. The van der Waals surface area contributed by atoms with Gasteiger partial charge in [0.25, 0.3) is 15.9 Å². The van der Waals surface area contributed by atoms with Crippen molar-refractivity contribution in [2.75, 3.05) is 19.4 Å². The molecule has 1 amide bonds. The number of aromatic hydroxyl groups is 1. The first-order valence-electron chi connectivity index (χ1n) is 12.5. The van der Waals surface area contributed by atoms with Crippen molar-refractivity contribution in [2.45, 2.75) is 59.4 Å². The van der Waals surface area contributed by atoms with Gasteiger partial charge in [-0.1, -0.05) is 20.8 Å². The van der Waals surface area contributed by atoms with Gasteiger partial charge in [-0.3, -0.25) is 14.5 Å². The number of hydrogen-bond donors (Lipinski definition) is 3. The molecule has 41 heavy (non-hydrogen) atoms. The molecule has 0 spiro atoms. The maximum Gasteiger partial charge on any atom is 0.417 e. The molecule has 3 heterocycles. The molecule has 224 valence electrons. The van der Waals surface area contributed by atoms with E-state index in [1.165, 1.54) is 14.1 Å². The number of aliphatic imine (C=N–C) groups is 1. The Kier molecular flexibility index (Phi) is 7.69. The van der Waals surface area contributed by atoms with Crippen LogP contribution in [0.2, 0.25) is 0 Å². The second-order valence-corrected chi connectivity index (χ2v) is 12.6. The molecular formula is C26H31F3N4O7S. The monoisotopic (exact) mass is 600 g/mol. The maximum atomic E-state index is 13.8. The molecule has 0 saturated carbocycles. The molecule has 3 N–H and O–H groups in total. The van der Waals surface area contributed by atoms with Gasteiger partial charge in [0.1, 0.15) is 28.2 Å². The number of ether oxygens (including phenoxy) is 2. The van der Waals surface area contributed by atoms with E-state index >= 15 is 0 Å². The fraction of sp³-hybridized carbons (Fsp3) is 0.462. The van der Waals surface area contributed by atoms with Gasteiger partial charge in [0.05, 0.1) is 16.8 Å². The number of alkyl halides is 3. The molecule has 0 aliphatic carbocycles. The lowest BCUT2D eigenvalue weighted by Crippen LogP contribution is -2.42. The Balaban J connectivity index is 1.92. The zero-order chi connectivity index (χ0) is 30.7. The van der Waals surface area contributed by atoms with E-state index in [1.54, 1.807) is 26.0 Å². The Morgan fingerprint density at radius 3 is 2.27 bits per heavy atom. The second-order valence-electron chi connectivity index (χ2n) is 10.9. The summed E-state index contributed by atoms with van der Waals surface area (Å²) in [5.74, 6) is -1.32. The average Bonchev–Trinajstić information content (AvgIpc) is 3.34. The molecule has 1 fully saturated rings. The zero-order valence-corrected chi connectivity index (χ0v) is 24.2. The van der Waals surface area contributed by atoms with Gasteiger partial charge in [-0.05, 0) is 43.5 Å². The fourth-order valence-electron chi connectivity index (χ4n) is 4.34. The Bertz CT molecular complexity index is 1530. The predicted octanol–water partition coefficient (Wildman–Crippen LogP) is 4.48. The van der Waals surface area contributed by atoms with E-state index in [2.05, 4.69) is 15.0 Å². The Morgan fingerprint density at radius 1 is 1.15 bits per heavy atom. The van der Waals surface area contributed by atoms with Crippen LogP contribution in [0.4, 0.5) is 18.9 Å². The van der Waals surface area contributed by atoms with Crippen molar-refractivity contribution in [1.29, 1.82) is 0 Å². The number of phenolic OH excluding ortho intramolecular Hbond substituents is 1. The van der Waals surface area contributed by atoms with Crippen LogP contribution >= 0.6 is 0 Å². The van der Waals surface area contributed by atoms with E-state index in [-0.39, 0.29) is 17.2 Å². The molecule has 15 heteroatoms. The summed E-state index contributed by atoms with van der Waals surface area (Å²) in [6.07, 6.45) is -7.05. The number of carbonyl (C=O) groups excluding carboxylic acids is 1. The number of amides is 1. The molecule has 0 bridgehead atoms. The van der Waals surface area contributed by atoms with E-state index in [0.717, 1.165) is 11.0 Å². The van der Waals surface area contributed by atoms with Crippen LogP contribution in [0.15, 0.2) is 44.3 Å². The van der Waals surface area contributed by atoms with Gasteiger partial charge >= 0.3 is 6.18 Å². The Morgan fingerprint density at radius 2 is 1.78 bits per heavy atom. The van der Waals surface area contributed by atoms with Gasteiger partial charge in [0, 0.05) is 14.1 Å².